The molecule has 152 valence electrons. The molecule has 4 bridgehead atoms. The lowest BCUT2D eigenvalue weighted by atomic mass is 9.48. The molecule has 0 radical (unpaired) electrons. The van der Waals surface area contributed by atoms with Gasteiger partial charge in [-0.3, -0.25) is 9.78 Å². The Hall–Kier alpha value is -2.08. The zero-order valence-electron chi connectivity index (χ0n) is 16.9. The van der Waals surface area contributed by atoms with E-state index in [4.69, 9.17) is 4.74 Å². The van der Waals surface area contributed by atoms with Crippen LogP contribution in [-0.2, 0) is 9.53 Å². The first-order valence-corrected chi connectivity index (χ1v) is 11.4. The Kier molecular flexibility index (Phi) is 4.57. The number of carbonyl (C=O) groups is 2. The first-order chi connectivity index (χ1) is 13.9. The van der Waals surface area contributed by atoms with Crippen LogP contribution in [0.2, 0.25) is 0 Å². The maximum absolute atomic E-state index is 13.4. The van der Waals surface area contributed by atoms with E-state index in [0.717, 1.165) is 25.0 Å². The van der Waals surface area contributed by atoms with Crippen LogP contribution in [0.1, 0.15) is 60.8 Å². The molecule has 4 aliphatic carbocycles. The van der Waals surface area contributed by atoms with Gasteiger partial charge in [-0.1, -0.05) is 6.07 Å². The number of carbonyl (C=O) groups excluding carboxylic acids is 2. The highest BCUT2D eigenvalue weighted by Crippen LogP contribution is 2.60. The number of hydrogen-bond donors (Lipinski definition) is 0. The van der Waals surface area contributed by atoms with Crippen LogP contribution in [0.4, 0.5) is 0 Å². The lowest BCUT2D eigenvalue weighted by molar-refractivity contribution is -0.152. The fourth-order valence-electron chi connectivity index (χ4n) is 6.30. The molecule has 2 heterocycles. The van der Waals surface area contributed by atoms with Crippen molar-refractivity contribution in [3.8, 4) is 10.7 Å². The van der Waals surface area contributed by atoms with Crippen LogP contribution in [0.15, 0.2) is 24.4 Å². The monoisotopic (exact) mass is 410 g/mol. The molecule has 4 fully saturated rings. The minimum atomic E-state index is -0.710. The van der Waals surface area contributed by atoms with Gasteiger partial charge in [0.2, 0.25) is 0 Å². The summed E-state index contributed by atoms with van der Waals surface area (Å²) in [6.45, 7) is 3.54. The molecule has 4 saturated carbocycles. The average Bonchev–Trinajstić information content (AvgIpc) is 3.09. The summed E-state index contributed by atoms with van der Waals surface area (Å²) in [4.78, 5) is 35.4. The molecule has 0 N–H and O–H groups in total. The van der Waals surface area contributed by atoms with Crippen LogP contribution in [0.5, 0.6) is 0 Å². The first-order valence-electron chi connectivity index (χ1n) is 10.6. The Balaban J connectivity index is 1.31. The van der Waals surface area contributed by atoms with Gasteiger partial charge in [0.1, 0.15) is 9.88 Å². The largest absolute Gasteiger partial charge is 0.450 e. The van der Waals surface area contributed by atoms with Crippen LogP contribution in [0, 0.1) is 30.1 Å². The van der Waals surface area contributed by atoms with E-state index >= 15 is 0 Å². The van der Waals surface area contributed by atoms with Gasteiger partial charge in [0.25, 0.3) is 0 Å². The Bertz CT molecular complexity index is 917. The highest BCUT2D eigenvalue weighted by atomic mass is 32.1. The highest BCUT2D eigenvalue weighted by molar-refractivity contribution is 7.17. The van der Waals surface area contributed by atoms with Gasteiger partial charge in [-0.25, -0.2) is 9.78 Å². The van der Waals surface area contributed by atoms with Crippen LogP contribution in [-0.4, -0.2) is 27.8 Å². The van der Waals surface area contributed by atoms with Crippen LogP contribution in [0.25, 0.3) is 10.7 Å². The predicted molar refractivity (Wildman–Crippen MR) is 111 cm³/mol. The molecule has 0 saturated heterocycles. The number of pyridine rings is 1. The van der Waals surface area contributed by atoms with Crippen molar-refractivity contribution in [2.45, 2.75) is 58.5 Å². The molecule has 0 spiro atoms. The zero-order chi connectivity index (χ0) is 20.2. The molecule has 6 rings (SSSR count). The van der Waals surface area contributed by atoms with Gasteiger partial charge >= 0.3 is 5.97 Å². The SMILES string of the molecule is Cc1nc(-c2ccccn2)sc1C(=O)OC(C)C(=O)C12CC3CC(CC(C3)C1)C2. The summed E-state index contributed by atoms with van der Waals surface area (Å²) in [5.74, 6) is 1.76. The minimum Gasteiger partial charge on any atom is -0.450 e. The molecule has 0 aliphatic heterocycles. The van der Waals surface area contributed by atoms with Crippen LogP contribution >= 0.6 is 11.3 Å². The number of Topliss-reactive ketones (excluding diaryl/α,β-unsaturated/α-hetero) is 1. The minimum absolute atomic E-state index is 0.136. The van der Waals surface area contributed by atoms with E-state index in [1.165, 1.54) is 30.6 Å². The van der Waals surface area contributed by atoms with E-state index in [-0.39, 0.29) is 11.2 Å². The van der Waals surface area contributed by atoms with Gasteiger partial charge in [0.15, 0.2) is 11.9 Å². The number of aromatic nitrogens is 2. The zero-order valence-corrected chi connectivity index (χ0v) is 17.7. The topological polar surface area (TPSA) is 69.2 Å². The van der Waals surface area contributed by atoms with E-state index in [9.17, 15) is 9.59 Å². The number of aryl methyl sites for hydroxylation is 1. The lowest BCUT2D eigenvalue weighted by Gasteiger charge is -2.56. The molecular weight excluding hydrogens is 384 g/mol. The third kappa shape index (κ3) is 3.31. The van der Waals surface area contributed by atoms with Crippen molar-refractivity contribution in [2.24, 2.45) is 23.2 Å². The smallest absolute Gasteiger partial charge is 0.350 e. The Morgan fingerprint density at radius 1 is 1.14 bits per heavy atom. The molecule has 4 aliphatic rings. The molecule has 6 heteroatoms. The fraction of sp³-hybridized carbons (Fsp3) is 0.565. The number of ketones is 1. The maximum Gasteiger partial charge on any atom is 0.350 e. The maximum atomic E-state index is 13.4. The van der Waals surface area contributed by atoms with Crippen molar-refractivity contribution < 1.29 is 14.3 Å². The van der Waals surface area contributed by atoms with E-state index in [2.05, 4.69) is 9.97 Å². The van der Waals surface area contributed by atoms with Gasteiger partial charge in [-0.05, 0) is 82.3 Å². The first kappa shape index (κ1) is 18.9. The van der Waals surface area contributed by atoms with E-state index in [0.29, 0.717) is 33.3 Å². The number of thiazole rings is 1. The summed E-state index contributed by atoms with van der Waals surface area (Å²) in [5.41, 5.74) is 1.10. The molecular formula is C23H26N2O3S. The van der Waals surface area contributed by atoms with Crippen molar-refractivity contribution in [1.82, 2.24) is 9.97 Å². The van der Waals surface area contributed by atoms with Crippen LogP contribution < -0.4 is 0 Å². The van der Waals surface area contributed by atoms with E-state index in [1.54, 1.807) is 20.0 Å². The normalized spacial score (nSPS) is 30.9. The van der Waals surface area contributed by atoms with Gasteiger partial charge < -0.3 is 4.74 Å². The summed E-state index contributed by atoms with van der Waals surface area (Å²) in [6.07, 6.45) is 7.83. The van der Waals surface area contributed by atoms with Gasteiger partial charge in [0.05, 0.1) is 11.4 Å². The second kappa shape index (κ2) is 7.01. The van der Waals surface area contributed by atoms with Gasteiger partial charge in [-0.2, -0.15) is 0 Å². The van der Waals surface area contributed by atoms with E-state index < -0.39 is 12.1 Å². The van der Waals surface area contributed by atoms with Crippen molar-refractivity contribution in [2.75, 3.05) is 0 Å². The van der Waals surface area contributed by atoms with Gasteiger partial charge in [0, 0.05) is 11.6 Å². The van der Waals surface area contributed by atoms with Crippen molar-refractivity contribution in [1.29, 1.82) is 0 Å². The second-order valence-electron chi connectivity index (χ2n) is 9.26. The van der Waals surface area contributed by atoms with Crippen molar-refractivity contribution >= 4 is 23.1 Å². The predicted octanol–water partition coefficient (Wildman–Crippen LogP) is 4.84. The number of hydrogen-bond acceptors (Lipinski definition) is 6. The molecule has 1 unspecified atom stereocenters. The number of nitrogens with zero attached hydrogens (tertiary/aromatic N) is 2. The summed E-state index contributed by atoms with van der Waals surface area (Å²) < 4.78 is 5.68. The number of rotatable bonds is 5. The van der Waals surface area contributed by atoms with Gasteiger partial charge in [-0.15, -0.1) is 11.3 Å². The average molecular weight is 411 g/mol. The molecule has 1 atom stereocenters. The Labute approximate surface area is 174 Å². The molecule has 5 nitrogen and oxygen atoms in total. The standard InChI is InChI=1S/C23H26N2O3S/c1-13-19(29-21(25-13)18-5-3-4-6-24-18)22(27)28-14(2)20(26)23-10-15-7-16(11-23)9-17(8-15)12-23/h3-6,14-17H,7-12H2,1-2H3. The van der Waals surface area contributed by atoms with Crippen molar-refractivity contribution in [3.63, 3.8) is 0 Å². The molecule has 2 aromatic rings. The Morgan fingerprint density at radius 2 is 1.79 bits per heavy atom. The van der Waals surface area contributed by atoms with Crippen molar-refractivity contribution in [3.05, 3.63) is 35.0 Å². The highest BCUT2D eigenvalue weighted by Gasteiger charge is 2.55. The fourth-order valence-corrected chi connectivity index (χ4v) is 7.22. The number of ether oxygens (including phenoxy) is 1. The molecule has 0 aromatic carbocycles. The third-order valence-electron chi connectivity index (χ3n) is 7.08. The summed E-state index contributed by atoms with van der Waals surface area (Å²) in [5, 5.41) is 0.690. The molecule has 29 heavy (non-hydrogen) atoms. The summed E-state index contributed by atoms with van der Waals surface area (Å²) >= 11 is 1.27. The summed E-state index contributed by atoms with van der Waals surface area (Å²) in [7, 11) is 0. The summed E-state index contributed by atoms with van der Waals surface area (Å²) in [6, 6.07) is 5.60. The van der Waals surface area contributed by atoms with Crippen LogP contribution in [0.3, 0.4) is 0 Å². The number of esters is 1. The quantitative estimate of drug-likeness (QED) is 0.660. The molecule has 0 amide bonds. The van der Waals surface area contributed by atoms with E-state index in [1.807, 2.05) is 18.2 Å². The third-order valence-corrected chi connectivity index (χ3v) is 8.24. The Morgan fingerprint density at radius 3 is 2.38 bits per heavy atom. The molecule has 2 aromatic heterocycles. The lowest BCUT2D eigenvalue weighted by Crippen LogP contribution is -2.52. The second-order valence-corrected chi connectivity index (χ2v) is 10.3.